The maximum Gasteiger partial charge on any atom is 0.0146 e. The Morgan fingerprint density at radius 3 is 2.65 bits per heavy atom. The van der Waals surface area contributed by atoms with Crippen molar-refractivity contribution in [2.45, 2.75) is 64.8 Å². The molecule has 2 bridgehead atoms. The van der Waals surface area contributed by atoms with Crippen molar-refractivity contribution in [1.29, 1.82) is 0 Å². The highest BCUT2D eigenvalue weighted by atomic mass is 32.1. The van der Waals surface area contributed by atoms with Gasteiger partial charge in [0, 0.05) is 15.8 Å². The highest BCUT2D eigenvalue weighted by Gasteiger charge is 2.42. The zero-order valence-corrected chi connectivity index (χ0v) is 13.8. The summed E-state index contributed by atoms with van der Waals surface area (Å²) in [5.74, 6) is 3.04. The maximum atomic E-state index is 3.88. The van der Waals surface area contributed by atoms with Gasteiger partial charge in [-0.3, -0.25) is 0 Å². The normalized spacial score (nSPS) is 30.0. The molecule has 4 atom stereocenters. The summed E-state index contributed by atoms with van der Waals surface area (Å²) in [7, 11) is 0. The molecule has 1 aromatic rings. The standard InChI is InChI=1S/C18H29NS/c1-3-9-19-18(12-16-8-7-15(4-2)20-16)17-11-13-5-6-14(17)10-13/h7-8,13-14,17-19H,3-6,9-12H2,1-2H3. The van der Waals surface area contributed by atoms with Crippen LogP contribution in [0.3, 0.4) is 0 Å². The molecule has 2 heteroatoms. The Bertz CT molecular complexity index is 425. The first-order chi connectivity index (χ1) is 9.80. The summed E-state index contributed by atoms with van der Waals surface area (Å²) >= 11 is 2.03. The summed E-state index contributed by atoms with van der Waals surface area (Å²) in [6, 6.07) is 5.43. The number of hydrogen-bond donors (Lipinski definition) is 1. The van der Waals surface area contributed by atoms with Gasteiger partial charge in [-0.05, 0) is 75.0 Å². The van der Waals surface area contributed by atoms with Crippen LogP contribution in [0.1, 0.15) is 55.7 Å². The van der Waals surface area contributed by atoms with Crippen molar-refractivity contribution >= 4 is 11.3 Å². The molecule has 1 nitrogen and oxygen atoms in total. The Morgan fingerprint density at radius 2 is 2.05 bits per heavy atom. The van der Waals surface area contributed by atoms with Crippen molar-refractivity contribution in [2.24, 2.45) is 17.8 Å². The second kappa shape index (κ2) is 6.62. The van der Waals surface area contributed by atoms with Crippen LogP contribution < -0.4 is 5.32 Å². The molecule has 2 fully saturated rings. The summed E-state index contributed by atoms with van der Waals surface area (Å²) in [6.45, 7) is 5.73. The van der Waals surface area contributed by atoms with Gasteiger partial charge in [0.05, 0.1) is 0 Å². The van der Waals surface area contributed by atoms with Crippen LogP contribution in [0, 0.1) is 17.8 Å². The molecular weight excluding hydrogens is 262 g/mol. The number of rotatable bonds is 7. The van der Waals surface area contributed by atoms with Crippen LogP contribution >= 0.6 is 11.3 Å². The molecule has 0 amide bonds. The van der Waals surface area contributed by atoms with E-state index in [1.165, 1.54) is 51.5 Å². The summed E-state index contributed by atoms with van der Waals surface area (Å²) in [5, 5.41) is 3.88. The number of nitrogens with one attached hydrogen (secondary N) is 1. The molecule has 1 aromatic heterocycles. The van der Waals surface area contributed by atoms with Gasteiger partial charge in [-0.1, -0.05) is 20.3 Å². The smallest absolute Gasteiger partial charge is 0.0146 e. The van der Waals surface area contributed by atoms with Crippen molar-refractivity contribution < 1.29 is 0 Å². The molecule has 2 saturated carbocycles. The van der Waals surface area contributed by atoms with Gasteiger partial charge in [0.2, 0.25) is 0 Å². The fraction of sp³-hybridized carbons (Fsp3) is 0.778. The average Bonchev–Trinajstić information content (AvgIpc) is 3.18. The second-order valence-electron chi connectivity index (χ2n) is 6.83. The molecule has 1 heterocycles. The highest BCUT2D eigenvalue weighted by molar-refractivity contribution is 7.11. The van der Waals surface area contributed by atoms with E-state index in [1.54, 1.807) is 9.75 Å². The number of fused-ring (bicyclic) bond motifs is 2. The van der Waals surface area contributed by atoms with E-state index >= 15 is 0 Å². The monoisotopic (exact) mass is 291 g/mol. The van der Waals surface area contributed by atoms with Crippen molar-refractivity contribution in [3.63, 3.8) is 0 Å². The molecule has 2 aliphatic carbocycles. The molecule has 0 saturated heterocycles. The van der Waals surface area contributed by atoms with E-state index in [4.69, 9.17) is 0 Å². The zero-order chi connectivity index (χ0) is 13.9. The predicted octanol–water partition coefficient (Wildman–Crippen LogP) is 4.66. The molecule has 0 aromatic carbocycles. The quantitative estimate of drug-likeness (QED) is 0.770. The predicted molar refractivity (Wildman–Crippen MR) is 88.4 cm³/mol. The van der Waals surface area contributed by atoms with Crippen LogP contribution in [0.5, 0.6) is 0 Å². The Hall–Kier alpha value is -0.340. The van der Waals surface area contributed by atoms with E-state index in [0.29, 0.717) is 0 Å². The van der Waals surface area contributed by atoms with Crippen LogP contribution in [-0.4, -0.2) is 12.6 Å². The summed E-state index contributed by atoms with van der Waals surface area (Å²) in [5.41, 5.74) is 0. The van der Waals surface area contributed by atoms with Crippen molar-refractivity contribution in [3.8, 4) is 0 Å². The van der Waals surface area contributed by atoms with Gasteiger partial charge in [0.1, 0.15) is 0 Å². The van der Waals surface area contributed by atoms with E-state index in [-0.39, 0.29) is 0 Å². The molecule has 0 spiro atoms. The first kappa shape index (κ1) is 14.6. The highest BCUT2D eigenvalue weighted by Crippen LogP contribution is 2.50. The topological polar surface area (TPSA) is 12.0 Å². The largest absolute Gasteiger partial charge is 0.313 e. The van der Waals surface area contributed by atoms with Crippen molar-refractivity contribution in [1.82, 2.24) is 5.32 Å². The Morgan fingerprint density at radius 1 is 1.20 bits per heavy atom. The molecule has 112 valence electrons. The first-order valence-corrected chi connectivity index (χ1v) is 9.42. The third-order valence-corrected chi connectivity index (χ3v) is 6.70. The lowest BCUT2D eigenvalue weighted by Gasteiger charge is -2.31. The minimum absolute atomic E-state index is 0.730. The molecule has 2 aliphatic rings. The number of aryl methyl sites for hydroxylation is 1. The van der Waals surface area contributed by atoms with E-state index in [1.807, 2.05) is 11.3 Å². The third kappa shape index (κ3) is 3.12. The molecule has 3 rings (SSSR count). The zero-order valence-electron chi connectivity index (χ0n) is 13.0. The van der Waals surface area contributed by atoms with E-state index in [2.05, 4.69) is 31.3 Å². The molecular formula is C18H29NS. The van der Waals surface area contributed by atoms with E-state index in [9.17, 15) is 0 Å². The van der Waals surface area contributed by atoms with E-state index < -0.39 is 0 Å². The average molecular weight is 292 g/mol. The molecule has 1 N–H and O–H groups in total. The van der Waals surface area contributed by atoms with Crippen LogP contribution in [0.15, 0.2) is 12.1 Å². The Kier molecular flexibility index (Phi) is 4.83. The summed E-state index contributed by atoms with van der Waals surface area (Å²) in [6.07, 6.45) is 9.75. The fourth-order valence-electron chi connectivity index (χ4n) is 4.43. The molecule has 0 aliphatic heterocycles. The Balaban J connectivity index is 1.66. The van der Waals surface area contributed by atoms with Gasteiger partial charge >= 0.3 is 0 Å². The van der Waals surface area contributed by atoms with Gasteiger partial charge < -0.3 is 5.32 Å². The van der Waals surface area contributed by atoms with Crippen molar-refractivity contribution in [3.05, 3.63) is 21.9 Å². The second-order valence-corrected chi connectivity index (χ2v) is 8.08. The Labute approximate surface area is 128 Å². The van der Waals surface area contributed by atoms with Gasteiger partial charge in [0.15, 0.2) is 0 Å². The van der Waals surface area contributed by atoms with Crippen molar-refractivity contribution in [2.75, 3.05) is 6.54 Å². The van der Waals surface area contributed by atoms with Crippen LogP contribution in [0.25, 0.3) is 0 Å². The number of thiophene rings is 1. The minimum atomic E-state index is 0.730. The van der Waals surface area contributed by atoms with Gasteiger partial charge in [-0.2, -0.15) is 0 Å². The van der Waals surface area contributed by atoms with Crippen LogP contribution in [-0.2, 0) is 12.8 Å². The third-order valence-electron chi connectivity index (χ3n) is 5.45. The first-order valence-electron chi connectivity index (χ1n) is 8.61. The molecule has 4 unspecified atom stereocenters. The van der Waals surface area contributed by atoms with Gasteiger partial charge in [0.25, 0.3) is 0 Å². The fourth-order valence-corrected chi connectivity index (χ4v) is 5.45. The summed E-state index contributed by atoms with van der Waals surface area (Å²) in [4.78, 5) is 3.14. The SMILES string of the molecule is CCCNC(Cc1ccc(CC)s1)C1CC2CCC1C2. The lowest BCUT2D eigenvalue weighted by molar-refractivity contribution is 0.247. The van der Waals surface area contributed by atoms with Crippen LogP contribution in [0.2, 0.25) is 0 Å². The van der Waals surface area contributed by atoms with Crippen LogP contribution in [0.4, 0.5) is 0 Å². The lowest BCUT2D eigenvalue weighted by Crippen LogP contribution is -2.40. The summed E-state index contributed by atoms with van der Waals surface area (Å²) < 4.78 is 0. The van der Waals surface area contributed by atoms with Gasteiger partial charge in [-0.25, -0.2) is 0 Å². The van der Waals surface area contributed by atoms with Gasteiger partial charge in [-0.15, -0.1) is 11.3 Å². The maximum absolute atomic E-state index is 3.88. The minimum Gasteiger partial charge on any atom is -0.313 e. The lowest BCUT2D eigenvalue weighted by atomic mass is 9.81. The number of hydrogen-bond acceptors (Lipinski definition) is 2. The van der Waals surface area contributed by atoms with E-state index in [0.717, 1.165) is 23.8 Å². The molecule has 0 radical (unpaired) electrons. The molecule has 20 heavy (non-hydrogen) atoms.